The van der Waals surface area contributed by atoms with Crippen molar-refractivity contribution in [3.63, 3.8) is 0 Å². The standard InChI is InChI=1S/C18H15Cl2N3O3S/c1-10(24)23-7-6-11-8-12(2-5-16(11)23)27(25,26)22-15-4-3-13(19)17-14(20)9-21-18(15)17/h2-5,8-9,21-22H,6-7H2,1H3. The molecule has 9 heteroatoms. The van der Waals surface area contributed by atoms with Crippen LogP contribution in [0.2, 0.25) is 10.0 Å². The third-order valence-electron chi connectivity index (χ3n) is 4.62. The van der Waals surface area contributed by atoms with E-state index in [2.05, 4.69) is 9.71 Å². The molecule has 2 N–H and O–H groups in total. The van der Waals surface area contributed by atoms with Crippen molar-refractivity contribution in [2.24, 2.45) is 0 Å². The monoisotopic (exact) mass is 423 g/mol. The lowest BCUT2D eigenvalue weighted by Crippen LogP contribution is -2.25. The van der Waals surface area contributed by atoms with E-state index in [1.54, 1.807) is 35.4 Å². The molecule has 0 saturated heterocycles. The summed E-state index contributed by atoms with van der Waals surface area (Å²) in [6.07, 6.45) is 2.18. The summed E-state index contributed by atoms with van der Waals surface area (Å²) in [5, 5.41) is 1.41. The predicted molar refractivity (Wildman–Crippen MR) is 107 cm³/mol. The number of anilines is 2. The number of halogens is 2. The van der Waals surface area contributed by atoms with Gasteiger partial charge in [-0.15, -0.1) is 0 Å². The molecule has 1 aromatic heterocycles. The van der Waals surface area contributed by atoms with Gasteiger partial charge in [0.25, 0.3) is 10.0 Å². The summed E-state index contributed by atoms with van der Waals surface area (Å²) >= 11 is 12.3. The van der Waals surface area contributed by atoms with E-state index in [0.29, 0.717) is 39.6 Å². The quantitative estimate of drug-likeness (QED) is 0.662. The van der Waals surface area contributed by atoms with Crippen molar-refractivity contribution in [3.8, 4) is 0 Å². The Hall–Kier alpha value is -2.22. The number of rotatable bonds is 3. The second kappa shape index (κ2) is 6.44. The minimum atomic E-state index is -3.83. The van der Waals surface area contributed by atoms with E-state index in [4.69, 9.17) is 23.2 Å². The van der Waals surface area contributed by atoms with E-state index >= 15 is 0 Å². The molecule has 0 spiro atoms. The maximum absolute atomic E-state index is 12.9. The molecule has 0 radical (unpaired) electrons. The number of benzene rings is 2. The van der Waals surface area contributed by atoms with Gasteiger partial charge in [0.1, 0.15) is 0 Å². The third kappa shape index (κ3) is 3.05. The molecule has 1 aliphatic heterocycles. The van der Waals surface area contributed by atoms with Crippen LogP contribution >= 0.6 is 23.2 Å². The second-order valence-electron chi connectivity index (χ2n) is 6.30. The topological polar surface area (TPSA) is 82.3 Å². The fourth-order valence-electron chi connectivity index (χ4n) is 3.33. The zero-order chi connectivity index (χ0) is 19.3. The van der Waals surface area contributed by atoms with Crippen LogP contribution in [-0.4, -0.2) is 25.9 Å². The van der Waals surface area contributed by atoms with E-state index in [9.17, 15) is 13.2 Å². The second-order valence-corrected chi connectivity index (χ2v) is 8.80. The summed E-state index contributed by atoms with van der Waals surface area (Å²) in [6.45, 7) is 2.05. The van der Waals surface area contributed by atoms with Gasteiger partial charge in [-0.2, -0.15) is 0 Å². The largest absolute Gasteiger partial charge is 0.358 e. The zero-order valence-corrected chi connectivity index (χ0v) is 16.5. The molecule has 0 saturated carbocycles. The Morgan fingerprint density at radius 2 is 1.96 bits per heavy atom. The lowest BCUT2D eigenvalue weighted by molar-refractivity contribution is -0.116. The summed E-state index contributed by atoms with van der Waals surface area (Å²) < 4.78 is 28.3. The molecule has 1 amide bonds. The smallest absolute Gasteiger partial charge is 0.261 e. The van der Waals surface area contributed by atoms with Crippen molar-refractivity contribution in [1.29, 1.82) is 0 Å². The van der Waals surface area contributed by atoms with Crippen molar-refractivity contribution in [3.05, 3.63) is 52.1 Å². The molecule has 4 rings (SSSR count). The molecule has 27 heavy (non-hydrogen) atoms. The molecule has 0 fully saturated rings. The number of fused-ring (bicyclic) bond motifs is 2. The summed E-state index contributed by atoms with van der Waals surface area (Å²) in [5.41, 5.74) is 2.45. The molecule has 140 valence electrons. The molecule has 0 bridgehead atoms. The summed E-state index contributed by atoms with van der Waals surface area (Å²) in [5.74, 6) is -0.0605. The minimum absolute atomic E-state index is 0.0605. The highest BCUT2D eigenvalue weighted by atomic mass is 35.5. The van der Waals surface area contributed by atoms with Gasteiger partial charge in [0.2, 0.25) is 5.91 Å². The lowest BCUT2D eigenvalue weighted by Gasteiger charge is -2.15. The van der Waals surface area contributed by atoms with Crippen molar-refractivity contribution < 1.29 is 13.2 Å². The van der Waals surface area contributed by atoms with Gasteiger partial charge in [-0.25, -0.2) is 8.42 Å². The maximum atomic E-state index is 12.9. The van der Waals surface area contributed by atoms with E-state index in [1.165, 1.54) is 13.0 Å². The van der Waals surface area contributed by atoms with E-state index < -0.39 is 10.0 Å². The molecular formula is C18H15Cl2N3O3S. The first kappa shape index (κ1) is 18.2. The number of hydrogen-bond donors (Lipinski definition) is 2. The van der Waals surface area contributed by atoms with Gasteiger partial charge in [0, 0.05) is 30.7 Å². The van der Waals surface area contributed by atoms with Gasteiger partial charge >= 0.3 is 0 Å². The normalized spacial score (nSPS) is 13.8. The maximum Gasteiger partial charge on any atom is 0.261 e. The highest BCUT2D eigenvalue weighted by Gasteiger charge is 2.25. The molecule has 0 atom stereocenters. The fourth-order valence-corrected chi connectivity index (χ4v) is 5.01. The van der Waals surface area contributed by atoms with Crippen LogP contribution in [0.5, 0.6) is 0 Å². The SMILES string of the molecule is CC(=O)N1CCc2cc(S(=O)(=O)Nc3ccc(Cl)c4c(Cl)c[nH]c34)ccc21. The van der Waals surface area contributed by atoms with Crippen molar-refractivity contribution in [2.75, 3.05) is 16.2 Å². The first-order chi connectivity index (χ1) is 12.8. The average Bonchev–Trinajstić information content (AvgIpc) is 3.21. The van der Waals surface area contributed by atoms with Crippen molar-refractivity contribution in [2.45, 2.75) is 18.2 Å². The fraction of sp³-hybridized carbons (Fsp3) is 0.167. The molecule has 2 heterocycles. The highest BCUT2D eigenvalue weighted by molar-refractivity contribution is 7.92. The average molecular weight is 424 g/mol. The summed E-state index contributed by atoms with van der Waals surface area (Å²) in [4.78, 5) is 16.4. The number of aromatic amines is 1. The van der Waals surface area contributed by atoms with E-state index in [-0.39, 0.29) is 10.8 Å². The first-order valence-corrected chi connectivity index (χ1v) is 10.4. The predicted octanol–water partition coefficient (Wildman–Crippen LogP) is 4.18. The minimum Gasteiger partial charge on any atom is -0.358 e. The van der Waals surface area contributed by atoms with Gasteiger partial charge in [0.15, 0.2) is 0 Å². The van der Waals surface area contributed by atoms with Crippen LogP contribution in [0.4, 0.5) is 11.4 Å². The van der Waals surface area contributed by atoms with Gasteiger partial charge in [-0.3, -0.25) is 9.52 Å². The first-order valence-electron chi connectivity index (χ1n) is 8.17. The number of nitrogens with one attached hydrogen (secondary N) is 2. The molecule has 0 unspecified atom stereocenters. The van der Waals surface area contributed by atoms with E-state index in [1.807, 2.05) is 0 Å². The Balaban J connectivity index is 1.72. The van der Waals surface area contributed by atoms with Crippen molar-refractivity contribution in [1.82, 2.24) is 4.98 Å². The molecular weight excluding hydrogens is 409 g/mol. The molecule has 1 aliphatic rings. The van der Waals surface area contributed by atoms with Crippen LogP contribution in [-0.2, 0) is 21.2 Å². The lowest BCUT2D eigenvalue weighted by atomic mass is 10.2. The number of aromatic nitrogens is 1. The Labute approximate surface area is 166 Å². The Morgan fingerprint density at radius 3 is 2.70 bits per heavy atom. The van der Waals surface area contributed by atoms with Crippen molar-refractivity contribution >= 4 is 61.4 Å². The summed E-state index contributed by atoms with van der Waals surface area (Å²) in [6, 6.07) is 7.95. The van der Waals surface area contributed by atoms with Gasteiger partial charge in [-0.1, -0.05) is 23.2 Å². The Morgan fingerprint density at radius 1 is 1.19 bits per heavy atom. The van der Waals surface area contributed by atoms with Gasteiger partial charge in [-0.05, 0) is 42.3 Å². The number of sulfonamides is 1. The molecule has 6 nitrogen and oxygen atoms in total. The van der Waals surface area contributed by atoms with E-state index in [0.717, 1.165) is 11.3 Å². The third-order valence-corrected chi connectivity index (χ3v) is 6.59. The van der Waals surface area contributed by atoms with Crippen LogP contribution in [0.25, 0.3) is 10.9 Å². The molecule has 3 aromatic rings. The number of carbonyl (C=O) groups excluding carboxylic acids is 1. The Bertz CT molecular complexity index is 1190. The number of amides is 1. The highest BCUT2D eigenvalue weighted by Crippen LogP contribution is 2.36. The van der Waals surface area contributed by atoms with Gasteiger partial charge in [0.05, 0.1) is 26.1 Å². The number of carbonyl (C=O) groups is 1. The number of H-pyrrole nitrogens is 1. The van der Waals surface area contributed by atoms with Crippen LogP contribution in [0.3, 0.4) is 0 Å². The molecule has 2 aromatic carbocycles. The summed E-state index contributed by atoms with van der Waals surface area (Å²) in [7, 11) is -3.83. The van der Waals surface area contributed by atoms with Crippen LogP contribution in [0.15, 0.2) is 41.4 Å². The molecule has 0 aliphatic carbocycles. The van der Waals surface area contributed by atoms with Crippen LogP contribution < -0.4 is 9.62 Å². The number of nitrogens with zero attached hydrogens (tertiary/aromatic N) is 1. The Kier molecular flexibility index (Phi) is 4.33. The number of hydrogen-bond acceptors (Lipinski definition) is 3. The van der Waals surface area contributed by atoms with Gasteiger partial charge < -0.3 is 9.88 Å². The van der Waals surface area contributed by atoms with Crippen LogP contribution in [0, 0.1) is 0 Å². The zero-order valence-electron chi connectivity index (χ0n) is 14.2. The van der Waals surface area contributed by atoms with Crippen LogP contribution in [0.1, 0.15) is 12.5 Å².